The van der Waals surface area contributed by atoms with Crippen LogP contribution in [0, 0.1) is 5.41 Å². The van der Waals surface area contributed by atoms with Crippen LogP contribution in [0.25, 0.3) is 0 Å². The zero-order valence-electron chi connectivity index (χ0n) is 15.9. The molecule has 8 nitrogen and oxygen atoms in total. The van der Waals surface area contributed by atoms with Crippen LogP contribution in [0.4, 0.5) is 0 Å². The number of rotatable bonds is 8. The summed E-state index contributed by atoms with van der Waals surface area (Å²) < 4.78 is 40.6. The Kier molecular flexibility index (Phi) is 6.85. The molecule has 0 atom stereocenters. The van der Waals surface area contributed by atoms with E-state index in [1.807, 2.05) is 13.8 Å². The maximum absolute atomic E-state index is 13.1. The first-order chi connectivity index (χ1) is 12.7. The largest absolute Gasteiger partial charge is 0.493 e. The van der Waals surface area contributed by atoms with Gasteiger partial charge >= 0.3 is 0 Å². The Hall–Kier alpha value is -1.68. The lowest BCUT2D eigenvalue weighted by atomic mass is 9.96. The van der Waals surface area contributed by atoms with Crippen molar-refractivity contribution in [3.8, 4) is 5.75 Å². The van der Waals surface area contributed by atoms with E-state index in [-0.39, 0.29) is 36.4 Å². The molecule has 152 valence electrons. The minimum atomic E-state index is -4.03. The SMILES string of the molecule is COCC(C)(C)COc1ccc(S(=O)(=O)C2(C(=O)NO)CCOCC2)cc1. The Bertz CT molecular complexity index is 737. The molecule has 9 heteroatoms. The van der Waals surface area contributed by atoms with Crippen LogP contribution in [0.1, 0.15) is 26.7 Å². The Morgan fingerprint density at radius 1 is 1.22 bits per heavy atom. The second-order valence-corrected chi connectivity index (χ2v) is 9.67. The molecule has 27 heavy (non-hydrogen) atoms. The number of hydroxylamine groups is 1. The van der Waals surface area contributed by atoms with Gasteiger partial charge in [0.15, 0.2) is 14.6 Å². The van der Waals surface area contributed by atoms with Crippen molar-refractivity contribution >= 4 is 15.7 Å². The van der Waals surface area contributed by atoms with Crippen molar-refractivity contribution in [3.05, 3.63) is 24.3 Å². The van der Waals surface area contributed by atoms with Gasteiger partial charge in [-0.25, -0.2) is 13.9 Å². The van der Waals surface area contributed by atoms with E-state index in [4.69, 9.17) is 19.4 Å². The normalized spacial score (nSPS) is 17.3. The van der Waals surface area contributed by atoms with E-state index in [0.717, 1.165) is 0 Å². The van der Waals surface area contributed by atoms with E-state index in [9.17, 15) is 13.2 Å². The molecule has 1 amide bonds. The van der Waals surface area contributed by atoms with Gasteiger partial charge in [0.2, 0.25) is 0 Å². The highest BCUT2D eigenvalue weighted by Gasteiger charge is 2.52. The van der Waals surface area contributed by atoms with Crippen molar-refractivity contribution < 1.29 is 32.6 Å². The molecule has 1 aromatic rings. The van der Waals surface area contributed by atoms with Crippen molar-refractivity contribution in [1.82, 2.24) is 5.48 Å². The summed E-state index contributed by atoms with van der Waals surface area (Å²) in [6.45, 7) is 5.18. The van der Waals surface area contributed by atoms with Gasteiger partial charge in [-0.05, 0) is 37.1 Å². The van der Waals surface area contributed by atoms with Gasteiger partial charge in [0.1, 0.15) is 5.75 Å². The third-order valence-electron chi connectivity index (χ3n) is 4.63. The maximum atomic E-state index is 13.1. The summed E-state index contributed by atoms with van der Waals surface area (Å²) in [5, 5.41) is 9.06. The number of amides is 1. The minimum absolute atomic E-state index is 0.00324. The number of methoxy groups -OCH3 is 1. The van der Waals surface area contributed by atoms with E-state index in [1.165, 1.54) is 17.6 Å². The summed E-state index contributed by atoms with van der Waals surface area (Å²) in [5.74, 6) is -0.418. The lowest BCUT2D eigenvalue weighted by molar-refractivity contribution is -0.134. The molecule has 0 unspecified atom stereocenters. The summed E-state index contributed by atoms with van der Waals surface area (Å²) in [6, 6.07) is 5.94. The summed E-state index contributed by atoms with van der Waals surface area (Å²) in [4.78, 5) is 12.2. The fraction of sp³-hybridized carbons (Fsp3) is 0.611. The number of sulfone groups is 1. The fourth-order valence-electron chi connectivity index (χ4n) is 3.07. The van der Waals surface area contributed by atoms with Crippen molar-refractivity contribution in [1.29, 1.82) is 0 Å². The highest BCUT2D eigenvalue weighted by atomic mass is 32.2. The predicted octanol–water partition coefficient (Wildman–Crippen LogP) is 1.57. The first-order valence-electron chi connectivity index (χ1n) is 8.67. The number of hydrogen-bond acceptors (Lipinski definition) is 7. The van der Waals surface area contributed by atoms with Crippen LogP contribution in [0.3, 0.4) is 0 Å². The first-order valence-corrected chi connectivity index (χ1v) is 10.2. The Morgan fingerprint density at radius 2 is 1.81 bits per heavy atom. The minimum Gasteiger partial charge on any atom is -0.493 e. The van der Waals surface area contributed by atoms with Crippen molar-refractivity contribution in [2.75, 3.05) is 33.5 Å². The molecule has 0 aromatic heterocycles. The number of ether oxygens (including phenoxy) is 3. The molecular formula is C18H27NO7S. The van der Waals surface area contributed by atoms with Gasteiger partial charge in [-0.2, -0.15) is 0 Å². The van der Waals surface area contributed by atoms with Crippen molar-refractivity contribution in [2.45, 2.75) is 36.3 Å². The molecule has 1 saturated heterocycles. The number of carbonyl (C=O) groups excluding carboxylic acids is 1. The smallest absolute Gasteiger partial charge is 0.265 e. The van der Waals surface area contributed by atoms with Crippen LogP contribution in [-0.4, -0.2) is 57.8 Å². The standard InChI is InChI=1S/C18H27NO7S/c1-17(2,12-24-3)13-26-14-4-6-15(7-5-14)27(22,23)18(16(20)19-21)8-10-25-11-9-18/h4-7,21H,8-13H2,1-3H3,(H,19,20). The molecule has 0 spiro atoms. The maximum Gasteiger partial charge on any atom is 0.265 e. The van der Waals surface area contributed by atoms with E-state index in [1.54, 1.807) is 19.2 Å². The summed E-state index contributed by atoms with van der Waals surface area (Å²) >= 11 is 0. The zero-order valence-corrected chi connectivity index (χ0v) is 16.7. The second kappa shape index (κ2) is 8.55. The van der Waals surface area contributed by atoms with Gasteiger partial charge in [0.05, 0.1) is 18.1 Å². The average Bonchev–Trinajstić information content (AvgIpc) is 2.66. The molecule has 0 bridgehead atoms. The van der Waals surface area contributed by atoms with Gasteiger partial charge in [-0.1, -0.05) is 13.8 Å². The van der Waals surface area contributed by atoms with Crippen LogP contribution >= 0.6 is 0 Å². The number of hydrogen-bond donors (Lipinski definition) is 2. The lowest BCUT2D eigenvalue weighted by Crippen LogP contribution is -2.54. The quantitative estimate of drug-likeness (QED) is 0.502. The van der Waals surface area contributed by atoms with Gasteiger partial charge in [-0.15, -0.1) is 0 Å². The fourth-order valence-corrected chi connectivity index (χ4v) is 5.01. The highest BCUT2D eigenvalue weighted by Crippen LogP contribution is 2.35. The number of carbonyl (C=O) groups is 1. The van der Waals surface area contributed by atoms with Gasteiger partial charge in [0, 0.05) is 25.7 Å². The van der Waals surface area contributed by atoms with Crippen molar-refractivity contribution in [3.63, 3.8) is 0 Å². The highest BCUT2D eigenvalue weighted by molar-refractivity contribution is 7.93. The molecule has 1 aromatic carbocycles. The first kappa shape index (κ1) is 21.6. The Labute approximate surface area is 159 Å². The Balaban J connectivity index is 2.22. The van der Waals surface area contributed by atoms with Gasteiger partial charge < -0.3 is 14.2 Å². The molecule has 0 radical (unpaired) electrons. The molecule has 0 saturated carbocycles. The zero-order chi connectivity index (χ0) is 20.1. The summed E-state index contributed by atoms with van der Waals surface area (Å²) in [7, 11) is -2.41. The second-order valence-electron chi connectivity index (χ2n) is 7.41. The van der Waals surface area contributed by atoms with Crippen LogP contribution < -0.4 is 10.2 Å². The van der Waals surface area contributed by atoms with E-state index >= 15 is 0 Å². The number of benzene rings is 1. The van der Waals surface area contributed by atoms with Gasteiger partial charge in [0.25, 0.3) is 5.91 Å². The molecular weight excluding hydrogens is 374 g/mol. The summed E-state index contributed by atoms with van der Waals surface area (Å²) in [6.07, 6.45) is -0.0453. The summed E-state index contributed by atoms with van der Waals surface area (Å²) in [5.41, 5.74) is 1.31. The van der Waals surface area contributed by atoms with Crippen LogP contribution in [0.5, 0.6) is 5.75 Å². The molecule has 0 aliphatic carbocycles. The predicted molar refractivity (Wildman–Crippen MR) is 97.5 cm³/mol. The molecule has 1 heterocycles. The van der Waals surface area contributed by atoms with Crippen LogP contribution in [0.15, 0.2) is 29.2 Å². The third kappa shape index (κ3) is 4.60. The number of nitrogens with one attached hydrogen (secondary N) is 1. The lowest BCUT2D eigenvalue weighted by Gasteiger charge is -2.34. The topological polar surface area (TPSA) is 111 Å². The van der Waals surface area contributed by atoms with Crippen LogP contribution in [-0.2, 0) is 24.1 Å². The molecule has 1 aliphatic rings. The molecule has 2 N–H and O–H groups in total. The molecule has 1 fully saturated rings. The van der Waals surface area contributed by atoms with Crippen LogP contribution in [0.2, 0.25) is 0 Å². The monoisotopic (exact) mass is 401 g/mol. The van der Waals surface area contributed by atoms with E-state index in [2.05, 4.69) is 0 Å². The van der Waals surface area contributed by atoms with E-state index in [0.29, 0.717) is 19.0 Å². The average molecular weight is 401 g/mol. The van der Waals surface area contributed by atoms with Crippen molar-refractivity contribution in [2.24, 2.45) is 5.41 Å². The molecule has 2 rings (SSSR count). The third-order valence-corrected chi connectivity index (χ3v) is 7.14. The van der Waals surface area contributed by atoms with E-state index < -0.39 is 20.5 Å². The molecule has 1 aliphatic heterocycles. The van der Waals surface area contributed by atoms with Gasteiger partial charge in [-0.3, -0.25) is 10.0 Å². The Morgan fingerprint density at radius 3 is 2.33 bits per heavy atom.